The van der Waals surface area contributed by atoms with E-state index in [0.717, 1.165) is 21.3 Å². The van der Waals surface area contributed by atoms with E-state index >= 15 is 0 Å². The van der Waals surface area contributed by atoms with Gasteiger partial charge in [-0.1, -0.05) is 15.9 Å². The van der Waals surface area contributed by atoms with Gasteiger partial charge in [0.1, 0.15) is 0 Å². The Morgan fingerprint density at radius 2 is 1.65 bits per heavy atom. The Kier molecular flexibility index (Phi) is 3.94. The summed E-state index contributed by atoms with van der Waals surface area (Å²) in [6.45, 7) is 3.98. The zero-order valence-corrected chi connectivity index (χ0v) is 12.7. The molecule has 0 fully saturated rings. The Morgan fingerprint density at radius 1 is 1.10 bits per heavy atom. The third-order valence-electron chi connectivity index (χ3n) is 2.88. The number of nitrogens with zero attached hydrogens (tertiary/aromatic N) is 1. The molecule has 0 spiro atoms. The van der Waals surface area contributed by atoms with E-state index in [1.165, 1.54) is 12.1 Å². The van der Waals surface area contributed by atoms with Gasteiger partial charge < -0.3 is 11.1 Å². The van der Waals surface area contributed by atoms with Crippen molar-refractivity contribution >= 4 is 38.7 Å². The lowest BCUT2D eigenvalue weighted by Gasteiger charge is -2.11. The maximum atomic E-state index is 10.8. The number of nitrogens with two attached hydrogens (primary N) is 1. The van der Waals surface area contributed by atoms with E-state index in [1.807, 2.05) is 26.0 Å². The minimum atomic E-state index is -0.459. The summed E-state index contributed by atoms with van der Waals surface area (Å²) >= 11 is 3.50. The summed E-state index contributed by atoms with van der Waals surface area (Å²) < 4.78 is 1.06. The lowest BCUT2D eigenvalue weighted by molar-refractivity contribution is -0.384. The van der Waals surface area contributed by atoms with E-state index in [1.54, 1.807) is 6.07 Å². The number of halogens is 1. The van der Waals surface area contributed by atoms with Crippen LogP contribution in [0.25, 0.3) is 0 Å². The highest BCUT2D eigenvalue weighted by molar-refractivity contribution is 9.10. The topological polar surface area (TPSA) is 81.2 Å². The summed E-state index contributed by atoms with van der Waals surface area (Å²) in [6, 6.07) is 8.39. The van der Waals surface area contributed by atoms with E-state index < -0.39 is 4.92 Å². The van der Waals surface area contributed by atoms with Gasteiger partial charge in [-0.2, -0.15) is 0 Å². The number of nitro groups is 1. The maximum absolute atomic E-state index is 10.8. The molecule has 0 saturated carbocycles. The molecule has 0 aromatic heterocycles. The first kappa shape index (κ1) is 14.3. The molecule has 0 aliphatic rings. The molecular formula is C14H14BrN3O2. The standard InChI is InChI=1S/C14H14BrN3O2/c1-8-3-11(4-9(2)14(8)15)17-12-5-10(16)6-13(7-12)18(19)20/h3-7,17H,16H2,1-2H3. The monoisotopic (exact) mass is 335 g/mol. The molecule has 2 aromatic rings. The maximum Gasteiger partial charge on any atom is 0.273 e. The van der Waals surface area contributed by atoms with Crippen LogP contribution >= 0.6 is 15.9 Å². The summed E-state index contributed by atoms with van der Waals surface area (Å²) in [6.07, 6.45) is 0. The van der Waals surface area contributed by atoms with Gasteiger partial charge in [-0.15, -0.1) is 0 Å². The van der Waals surface area contributed by atoms with E-state index in [0.29, 0.717) is 11.4 Å². The molecule has 0 atom stereocenters. The van der Waals surface area contributed by atoms with Gasteiger partial charge in [0.05, 0.1) is 4.92 Å². The first-order valence-electron chi connectivity index (χ1n) is 5.95. The number of nitrogen functional groups attached to an aromatic ring is 1. The SMILES string of the molecule is Cc1cc(Nc2cc(N)cc([N+](=O)[O-])c2)cc(C)c1Br. The number of aryl methyl sites for hydroxylation is 2. The third kappa shape index (κ3) is 3.08. The number of nitrogens with one attached hydrogen (secondary N) is 1. The fraction of sp³-hybridized carbons (Fsp3) is 0.143. The summed E-state index contributed by atoms with van der Waals surface area (Å²) in [5.41, 5.74) is 9.64. The molecule has 6 heteroatoms. The Bertz CT molecular complexity index is 663. The van der Waals surface area contributed by atoms with Crippen molar-refractivity contribution in [1.29, 1.82) is 0 Å². The number of anilines is 3. The van der Waals surface area contributed by atoms with Crippen LogP contribution in [0.2, 0.25) is 0 Å². The van der Waals surface area contributed by atoms with Crippen LogP contribution in [0.5, 0.6) is 0 Å². The number of hydrogen-bond acceptors (Lipinski definition) is 4. The van der Waals surface area contributed by atoms with Gasteiger partial charge in [0.15, 0.2) is 0 Å². The quantitative estimate of drug-likeness (QED) is 0.497. The first-order valence-corrected chi connectivity index (χ1v) is 6.75. The van der Waals surface area contributed by atoms with Crippen molar-refractivity contribution in [2.75, 3.05) is 11.1 Å². The van der Waals surface area contributed by atoms with Crippen molar-refractivity contribution in [3.8, 4) is 0 Å². The number of non-ortho nitro benzene ring substituents is 1. The molecule has 0 unspecified atom stereocenters. The summed E-state index contributed by atoms with van der Waals surface area (Å²) in [5.74, 6) is 0. The molecule has 0 amide bonds. The second kappa shape index (κ2) is 5.50. The van der Waals surface area contributed by atoms with Crippen LogP contribution < -0.4 is 11.1 Å². The van der Waals surface area contributed by atoms with Gasteiger partial charge in [-0.05, 0) is 43.2 Å². The van der Waals surface area contributed by atoms with Crippen molar-refractivity contribution < 1.29 is 4.92 Å². The summed E-state index contributed by atoms with van der Waals surface area (Å²) in [7, 11) is 0. The van der Waals surface area contributed by atoms with Gasteiger partial charge >= 0.3 is 0 Å². The minimum Gasteiger partial charge on any atom is -0.398 e. The molecule has 2 aromatic carbocycles. The average Bonchev–Trinajstić information content (AvgIpc) is 2.35. The van der Waals surface area contributed by atoms with Crippen molar-refractivity contribution in [1.82, 2.24) is 0 Å². The second-order valence-electron chi connectivity index (χ2n) is 4.62. The van der Waals surface area contributed by atoms with Crippen LogP contribution in [0.15, 0.2) is 34.8 Å². The molecule has 0 radical (unpaired) electrons. The Labute approximate surface area is 125 Å². The van der Waals surface area contributed by atoms with Gasteiger partial charge in [0.2, 0.25) is 0 Å². The van der Waals surface area contributed by atoms with Crippen LogP contribution in [0, 0.1) is 24.0 Å². The largest absolute Gasteiger partial charge is 0.398 e. The highest BCUT2D eigenvalue weighted by atomic mass is 79.9. The van der Waals surface area contributed by atoms with Gasteiger partial charge in [-0.3, -0.25) is 10.1 Å². The summed E-state index contributed by atoms with van der Waals surface area (Å²) in [4.78, 5) is 10.4. The predicted molar refractivity (Wildman–Crippen MR) is 84.4 cm³/mol. The van der Waals surface area contributed by atoms with Crippen LogP contribution in [-0.2, 0) is 0 Å². The van der Waals surface area contributed by atoms with Gasteiger partial charge in [-0.25, -0.2) is 0 Å². The van der Waals surface area contributed by atoms with Crippen molar-refractivity contribution in [3.05, 3.63) is 56.0 Å². The molecule has 5 nitrogen and oxygen atoms in total. The Morgan fingerprint density at radius 3 is 2.20 bits per heavy atom. The average molecular weight is 336 g/mol. The molecule has 0 aliphatic carbocycles. The lowest BCUT2D eigenvalue weighted by Crippen LogP contribution is -1.97. The molecule has 104 valence electrons. The van der Waals surface area contributed by atoms with Crippen LogP contribution in [0.3, 0.4) is 0 Å². The molecule has 0 heterocycles. The second-order valence-corrected chi connectivity index (χ2v) is 5.41. The fourth-order valence-corrected chi connectivity index (χ4v) is 2.23. The normalized spacial score (nSPS) is 10.3. The molecule has 0 aliphatic heterocycles. The van der Waals surface area contributed by atoms with Crippen molar-refractivity contribution in [2.24, 2.45) is 0 Å². The first-order chi connectivity index (χ1) is 9.36. The number of rotatable bonds is 3. The predicted octanol–water partition coefficient (Wildman–Crippen LogP) is 4.30. The lowest BCUT2D eigenvalue weighted by atomic mass is 10.1. The number of hydrogen-bond donors (Lipinski definition) is 2. The Balaban J connectivity index is 2.37. The van der Waals surface area contributed by atoms with Crippen LogP contribution in [0.1, 0.15) is 11.1 Å². The smallest absolute Gasteiger partial charge is 0.273 e. The number of nitro benzene ring substituents is 1. The summed E-state index contributed by atoms with van der Waals surface area (Å²) in [5, 5.41) is 14.0. The Hall–Kier alpha value is -2.08. The van der Waals surface area contributed by atoms with Gasteiger partial charge in [0.25, 0.3) is 5.69 Å². The molecule has 0 bridgehead atoms. The molecule has 20 heavy (non-hydrogen) atoms. The zero-order chi connectivity index (χ0) is 14.9. The highest BCUT2D eigenvalue weighted by Gasteiger charge is 2.09. The molecule has 3 N–H and O–H groups in total. The zero-order valence-electron chi connectivity index (χ0n) is 11.1. The third-order valence-corrected chi connectivity index (χ3v) is 4.13. The van der Waals surface area contributed by atoms with E-state index in [2.05, 4.69) is 21.2 Å². The van der Waals surface area contributed by atoms with E-state index in [4.69, 9.17) is 5.73 Å². The van der Waals surface area contributed by atoms with Gasteiger partial charge in [0, 0.05) is 33.7 Å². The number of benzene rings is 2. The van der Waals surface area contributed by atoms with Crippen molar-refractivity contribution in [2.45, 2.75) is 13.8 Å². The fourth-order valence-electron chi connectivity index (χ4n) is 2.00. The van der Waals surface area contributed by atoms with E-state index in [9.17, 15) is 10.1 Å². The molecule has 0 saturated heterocycles. The van der Waals surface area contributed by atoms with E-state index in [-0.39, 0.29) is 5.69 Å². The minimum absolute atomic E-state index is 0.0296. The molecule has 2 rings (SSSR count). The van der Waals surface area contributed by atoms with Crippen LogP contribution in [-0.4, -0.2) is 4.92 Å². The van der Waals surface area contributed by atoms with Crippen LogP contribution in [0.4, 0.5) is 22.7 Å². The molecular weight excluding hydrogens is 322 g/mol. The highest BCUT2D eigenvalue weighted by Crippen LogP contribution is 2.29. The van der Waals surface area contributed by atoms with Crippen molar-refractivity contribution in [3.63, 3.8) is 0 Å².